The number of rotatable bonds is 16. The Morgan fingerprint density at radius 1 is 0.750 bits per heavy atom. The lowest BCUT2D eigenvalue weighted by atomic mass is 10.0. The first-order valence-corrected chi connectivity index (χ1v) is 17.6. The second-order valence-corrected chi connectivity index (χ2v) is 13.1. The van der Waals surface area contributed by atoms with Crippen LogP contribution in [0.1, 0.15) is 79.6 Å². The lowest BCUT2D eigenvalue weighted by Crippen LogP contribution is -2.31. The summed E-state index contributed by atoms with van der Waals surface area (Å²) in [4.78, 5) is 25.8. The van der Waals surface area contributed by atoms with Gasteiger partial charge in [0.05, 0.1) is 30.2 Å². The Balaban J connectivity index is 1.05. The molecule has 1 fully saturated rings. The van der Waals surface area contributed by atoms with Gasteiger partial charge in [-0.1, -0.05) is 91.7 Å². The number of unbranched alkanes of at least 4 members (excludes halogenated alkanes) is 3. The predicted molar refractivity (Wildman–Crippen MR) is 191 cm³/mol. The number of carbonyl (C=O) groups is 2. The lowest BCUT2D eigenvalue weighted by Gasteiger charge is -2.36. The van der Waals surface area contributed by atoms with Gasteiger partial charge >= 0.3 is 0 Å². The largest absolute Gasteiger partial charge is 0.397 e. The van der Waals surface area contributed by atoms with Crippen molar-refractivity contribution in [1.82, 2.24) is 5.32 Å². The van der Waals surface area contributed by atoms with E-state index in [1.807, 2.05) is 78.9 Å². The second kappa shape index (κ2) is 18.4. The van der Waals surface area contributed by atoms with Gasteiger partial charge in [-0.2, -0.15) is 0 Å². The highest BCUT2D eigenvalue weighted by atomic mass is 32.2. The summed E-state index contributed by atoms with van der Waals surface area (Å²) >= 11 is 1.78. The molecule has 252 valence electrons. The smallest absolute Gasteiger partial charge is 0.224 e. The number of benzene rings is 4. The van der Waals surface area contributed by atoms with Crippen LogP contribution in [0, 0.1) is 0 Å². The highest BCUT2D eigenvalue weighted by Crippen LogP contribution is 2.39. The average molecular weight is 668 g/mol. The zero-order chi connectivity index (χ0) is 33.6. The van der Waals surface area contributed by atoms with Crippen molar-refractivity contribution in [3.8, 4) is 0 Å². The summed E-state index contributed by atoms with van der Waals surface area (Å²) in [5.41, 5.74) is 10.9. The standard InChI is InChI=1S/C39H45N3O5S/c40-34-12-8-9-13-35(34)42-38(45)15-7-2-1-6-14-37(44)41-25-28-16-22-31(23-17-28)39-46-32(27-48-33-10-4-3-5-11-33)24-36(47-39)30-20-18-29(26-43)19-21-30/h3-5,8-13,16-23,32,36,39,43H,1-2,6-7,14-15,24-27,40H2,(H,41,44)(H,42,45)/t32-,36+,39+/m0/s1. The summed E-state index contributed by atoms with van der Waals surface area (Å²) in [5, 5.41) is 15.3. The molecule has 0 unspecified atom stereocenters. The maximum atomic E-state index is 12.5. The van der Waals surface area contributed by atoms with Crippen molar-refractivity contribution in [3.63, 3.8) is 0 Å². The molecule has 1 saturated heterocycles. The third kappa shape index (κ3) is 11.0. The van der Waals surface area contributed by atoms with Crippen LogP contribution in [-0.4, -0.2) is 28.8 Å². The summed E-state index contributed by atoms with van der Waals surface area (Å²) in [6.45, 7) is 0.457. The number of thioether (sulfide) groups is 1. The fraction of sp³-hybridized carbons (Fsp3) is 0.333. The van der Waals surface area contributed by atoms with Crippen molar-refractivity contribution in [2.24, 2.45) is 0 Å². The van der Waals surface area contributed by atoms with Gasteiger partial charge in [-0.05, 0) is 53.8 Å². The molecular formula is C39H45N3O5S. The SMILES string of the molecule is Nc1ccccc1NC(=O)CCCCCCC(=O)NCc1ccc([C@@H]2O[C@H](CSc3ccccc3)C[C@H](c3ccc(CO)cc3)O2)cc1. The van der Waals surface area contributed by atoms with Crippen LogP contribution in [0.3, 0.4) is 0 Å². The molecule has 5 N–H and O–H groups in total. The van der Waals surface area contributed by atoms with E-state index in [-0.39, 0.29) is 30.6 Å². The van der Waals surface area contributed by atoms with Crippen molar-refractivity contribution in [2.45, 2.75) is 81.5 Å². The Kier molecular flexibility index (Phi) is 13.5. The molecule has 1 aliphatic rings. The number of nitrogens with two attached hydrogens (primary N) is 1. The number of hydrogen-bond acceptors (Lipinski definition) is 7. The van der Waals surface area contributed by atoms with E-state index < -0.39 is 6.29 Å². The van der Waals surface area contributed by atoms with Crippen LogP contribution in [0.4, 0.5) is 11.4 Å². The number of para-hydroxylation sites is 2. The van der Waals surface area contributed by atoms with Gasteiger partial charge in [-0.15, -0.1) is 11.8 Å². The molecule has 3 atom stereocenters. The van der Waals surface area contributed by atoms with Crippen molar-refractivity contribution in [2.75, 3.05) is 16.8 Å². The van der Waals surface area contributed by atoms with Crippen LogP contribution in [-0.2, 0) is 32.2 Å². The molecule has 48 heavy (non-hydrogen) atoms. The molecule has 4 aromatic carbocycles. The van der Waals surface area contributed by atoms with Gasteiger partial charge in [0.25, 0.3) is 0 Å². The number of carbonyl (C=O) groups excluding carboxylic acids is 2. The van der Waals surface area contributed by atoms with Crippen molar-refractivity contribution in [1.29, 1.82) is 0 Å². The molecule has 1 aliphatic heterocycles. The number of nitrogen functional groups attached to an aromatic ring is 1. The third-order valence-corrected chi connectivity index (χ3v) is 9.47. The highest BCUT2D eigenvalue weighted by molar-refractivity contribution is 7.99. The van der Waals surface area contributed by atoms with Crippen molar-refractivity contribution >= 4 is 35.0 Å². The minimum atomic E-state index is -0.520. The molecule has 0 spiro atoms. The Bertz CT molecular complexity index is 1580. The molecule has 2 amide bonds. The maximum Gasteiger partial charge on any atom is 0.224 e. The van der Waals surface area contributed by atoms with E-state index in [0.717, 1.165) is 60.1 Å². The summed E-state index contributed by atoms with van der Waals surface area (Å²) < 4.78 is 12.9. The van der Waals surface area contributed by atoms with Gasteiger partial charge < -0.3 is 30.9 Å². The third-order valence-electron chi connectivity index (χ3n) is 8.33. The van der Waals surface area contributed by atoms with Crippen LogP contribution < -0.4 is 16.4 Å². The zero-order valence-corrected chi connectivity index (χ0v) is 28.0. The molecule has 4 aromatic rings. The van der Waals surface area contributed by atoms with E-state index >= 15 is 0 Å². The normalized spacial score (nSPS) is 17.5. The van der Waals surface area contributed by atoms with Gasteiger partial charge in [0, 0.05) is 42.0 Å². The van der Waals surface area contributed by atoms with Crippen molar-refractivity contribution in [3.05, 3.63) is 125 Å². The first kappa shape index (κ1) is 35.2. The van der Waals surface area contributed by atoms with E-state index in [1.165, 1.54) is 4.90 Å². The van der Waals surface area contributed by atoms with Gasteiger partial charge in [0.15, 0.2) is 6.29 Å². The van der Waals surface area contributed by atoms with Crippen molar-refractivity contribution < 1.29 is 24.2 Å². The second-order valence-electron chi connectivity index (χ2n) is 12.0. The van der Waals surface area contributed by atoms with E-state index in [0.29, 0.717) is 30.8 Å². The zero-order valence-electron chi connectivity index (χ0n) is 27.2. The lowest BCUT2D eigenvalue weighted by molar-refractivity contribution is -0.245. The summed E-state index contributed by atoms with van der Waals surface area (Å²) in [7, 11) is 0. The van der Waals surface area contributed by atoms with Crippen LogP contribution in [0.5, 0.6) is 0 Å². The van der Waals surface area contributed by atoms with E-state index in [4.69, 9.17) is 15.2 Å². The van der Waals surface area contributed by atoms with E-state index in [9.17, 15) is 14.7 Å². The van der Waals surface area contributed by atoms with Gasteiger partial charge in [0.2, 0.25) is 11.8 Å². The number of aliphatic hydroxyl groups is 1. The minimum Gasteiger partial charge on any atom is -0.397 e. The summed E-state index contributed by atoms with van der Waals surface area (Å²) in [6, 6.07) is 33.5. The maximum absolute atomic E-state index is 12.5. The number of nitrogens with one attached hydrogen (secondary N) is 2. The van der Waals surface area contributed by atoms with E-state index in [1.54, 1.807) is 23.9 Å². The number of hydrogen-bond donors (Lipinski definition) is 4. The fourth-order valence-electron chi connectivity index (χ4n) is 5.56. The van der Waals surface area contributed by atoms with Gasteiger partial charge in [-0.25, -0.2) is 0 Å². The Labute approximate surface area is 287 Å². The number of ether oxygens (including phenoxy) is 2. The molecule has 5 rings (SSSR count). The summed E-state index contributed by atoms with van der Waals surface area (Å²) in [5.74, 6) is 0.774. The van der Waals surface area contributed by atoms with Gasteiger partial charge in [-0.3, -0.25) is 9.59 Å². The van der Waals surface area contributed by atoms with Crippen LogP contribution in [0.2, 0.25) is 0 Å². The first-order valence-electron chi connectivity index (χ1n) is 16.6. The fourth-order valence-corrected chi connectivity index (χ4v) is 6.50. The van der Waals surface area contributed by atoms with E-state index in [2.05, 4.69) is 22.8 Å². The molecule has 0 radical (unpaired) electrons. The Morgan fingerprint density at radius 3 is 2.10 bits per heavy atom. The molecule has 0 saturated carbocycles. The van der Waals surface area contributed by atoms with Crippen LogP contribution in [0.15, 0.2) is 108 Å². The predicted octanol–water partition coefficient (Wildman–Crippen LogP) is 7.69. The Morgan fingerprint density at radius 2 is 1.40 bits per heavy atom. The number of anilines is 2. The van der Waals surface area contributed by atoms with Crippen LogP contribution >= 0.6 is 11.8 Å². The first-order chi connectivity index (χ1) is 23.5. The summed E-state index contributed by atoms with van der Waals surface area (Å²) in [6.07, 6.45) is 4.28. The quantitative estimate of drug-likeness (QED) is 0.0549. The molecule has 9 heteroatoms. The average Bonchev–Trinajstić information content (AvgIpc) is 3.13. The van der Waals surface area contributed by atoms with Gasteiger partial charge in [0.1, 0.15) is 0 Å². The Hall–Kier alpha value is -4.15. The molecule has 0 bridgehead atoms. The molecule has 8 nitrogen and oxygen atoms in total. The topological polar surface area (TPSA) is 123 Å². The highest BCUT2D eigenvalue weighted by Gasteiger charge is 2.32. The molecule has 0 aliphatic carbocycles. The number of aliphatic hydroxyl groups excluding tert-OH is 1. The van der Waals surface area contributed by atoms with Crippen LogP contribution in [0.25, 0.3) is 0 Å². The number of amides is 2. The minimum absolute atomic E-state index is 0.00860. The molecule has 1 heterocycles. The molecular weight excluding hydrogens is 623 g/mol. The molecule has 0 aromatic heterocycles. The monoisotopic (exact) mass is 667 g/mol.